The molecule has 0 saturated carbocycles. The van der Waals surface area contributed by atoms with Gasteiger partial charge in [0.05, 0.1) is 0 Å². The predicted octanol–water partition coefficient (Wildman–Crippen LogP) is 2.80. The number of aromatic carboxylic acids is 1. The van der Waals surface area contributed by atoms with E-state index in [1.54, 1.807) is 5.38 Å². The average Bonchev–Trinajstić information content (AvgIpc) is 3.22. The molecule has 2 heterocycles. The van der Waals surface area contributed by atoms with Gasteiger partial charge in [-0.2, -0.15) is 0 Å². The molecule has 25 heavy (non-hydrogen) atoms. The molecule has 1 fully saturated rings. The molecule has 134 valence electrons. The molecule has 0 spiro atoms. The van der Waals surface area contributed by atoms with Crippen molar-refractivity contribution in [3.63, 3.8) is 0 Å². The Kier molecular flexibility index (Phi) is 6.30. The zero-order valence-electron chi connectivity index (χ0n) is 13.6. The van der Waals surface area contributed by atoms with E-state index in [0.717, 1.165) is 28.7 Å². The minimum atomic E-state index is -1.00. The molecule has 0 radical (unpaired) electrons. The number of thioether (sulfide) groups is 1. The highest BCUT2D eigenvalue weighted by molar-refractivity contribution is 8.01. The number of nitrogens with zero attached hydrogens (tertiary/aromatic N) is 2. The van der Waals surface area contributed by atoms with Gasteiger partial charge in [-0.1, -0.05) is 30.0 Å². The van der Waals surface area contributed by atoms with Crippen molar-refractivity contribution >= 4 is 29.1 Å². The van der Waals surface area contributed by atoms with E-state index in [2.05, 4.69) is 9.88 Å². The van der Waals surface area contributed by atoms with Crippen molar-refractivity contribution in [3.05, 3.63) is 41.4 Å². The van der Waals surface area contributed by atoms with Crippen molar-refractivity contribution in [2.75, 3.05) is 18.9 Å². The largest absolute Gasteiger partial charge is 0.492 e. The van der Waals surface area contributed by atoms with Crippen LogP contribution in [0.2, 0.25) is 0 Å². The van der Waals surface area contributed by atoms with Crippen LogP contribution in [0.25, 0.3) is 0 Å². The number of aliphatic hydroxyl groups is 1. The summed E-state index contributed by atoms with van der Waals surface area (Å²) in [7, 11) is 0. The highest BCUT2D eigenvalue weighted by Gasteiger charge is 2.32. The zero-order chi connectivity index (χ0) is 17.6. The standard InChI is InChI=1S/C17H20N2O4S2/c20-15-7-6-12(10-23-13-4-2-1-3-5-13)19(15)8-9-24-17-18-14(11-25-17)16(21)22/h1-5,11-12,15,20H,6-10H2,(H,21,22). The summed E-state index contributed by atoms with van der Waals surface area (Å²) >= 11 is 2.85. The average molecular weight is 380 g/mol. The summed E-state index contributed by atoms with van der Waals surface area (Å²) in [5.74, 6) is 0.573. The molecule has 1 aliphatic rings. The minimum Gasteiger partial charge on any atom is -0.492 e. The van der Waals surface area contributed by atoms with Crippen LogP contribution in [0.4, 0.5) is 0 Å². The van der Waals surface area contributed by atoms with E-state index in [4.69, 9.17) is 9.84 Å². The van der Waals surface area contributed by atoms with Crippen LogP contribution in [0.3, 0.4) is 0 Å². The Bertz CT molecular complexity index is 695. The molecule has 0 aliphatic carbocycles. The number of thiazole rings is 1. The highest BCUT2D eigenvalue weighted by Crippen LogP contribution is 2.27. The SMILES string of the molecule is O=C(O)c1csc(SCCN2C(O)CCC2COc2ccccc2)n1. The van der Waals surface area contributed by atoms with E-state index >= 15 is 0 Å². The quantitative estimate of drug-likeness (QED) is 0.681. The summed E-state index contributed by atoms with van der Waals surface area (Å²) in [6.45, 7) is 1.25. The number of carbonyl (C=O) groups is 1. The van der Waals surface area contributed by atoms with Gasteiger partial charge in [-0.15, -0.1) is 11.3 Å². The fourth-order valence-electron chi connectivity index (χ4n) is 2.80. The predicted molar refractivity (Wildman–Crippen MR) is 97.5 cm³/mol. The molecular weight excluding hydrogens is 360 g/mol. The lowest BCUT2D eigenvalue weighted by Crippen LogP contribution is -2.40. The normalized spacial score (nSPS) is 20.7. The molecule has 8 heteroatoms. The maximum Gasteiger partial charge on any atom is 0.355 e. The number of hydrogen-bond donors (Lipinski definition) is 2. The van der Waals surface area contributed by atoms with Crippen LogP contribution in [0.5, 0.6) is 5.75 Å². The maximum absolute atomic E-state index is 10.9. The van der Waals surface area contributed by atoms with Gasteiger partial charge in [-0.25, -0.2) is 9.78 Å². The van der Waals surface area contributed by atoms with E-state index in [1.807, 2.05) is 30.3 Å². The Labute approximate surface area is 154 Å². The lowest BCUT2D eigenvalue weighted by molar-refractivity contribution is 0.0120. The Morgan fingerprint density at radius 2 is 2.16 bits per heavy atom. The molecule has 0 amide bonds. The third kappa shape index (κ3) is 4.94. The van der Waals surface area contributed by atoms with Crippen LogP contribution >= 0.6 is 23.1 Å². The topological polar surface area (TPSA) is 82.9 Å². The summed E-state index contributed by atoms with van der Waals surface area (Å²) in [6.07, 6.45) is 1.20. The Morgan fingerprint density at radius 1 is 1.36 bits per heavy atom. The second-order valence-electron chi connectivity index (χ2n) is 5.73. The number of benzene rings is 1. The number of rotatable bonds is 8. The number of para-hydroxylation sites is 1. The van der Waals surface area contributed by atoms with Gasteiger partial charge in [0.25, 0.3) is 0 Å². The Morgan fingerprint density at radius 3 is 2.88 bits per heavy atom. The zero-order valence-corrected chi connectivity index (χ0v) is 15.2. The van der Waals surface area contributed by atoms with Crippen molar-refractivity contribution in [2.45, 2.75) is 29.5 Å². The van der Waals surface area contributed by atoms with E-state index in [1.165, 1.54) is 23.1 Å². The molecule has 1 aromatic carbocycles. The first kappa shape index (κ1) is 18.2. The van der Waals surface area contributed by atoms with Crippen molar-refractivity contribution in [1.29, 1.82) is 0 Å². The van der Waals surface area contributed by atoms with Gasteiger partial charge in [0.2, 0.25) is 0 Å². The molecule has 2 unspecified atom stereocenters. The van der Waals surface area contributed by atoms with Crippen LogP contribution in [0.1, 0.15) is 23.3 Å². The van der Waals surface area contributed by atoms with Crippen LogP contribution < -0.4 is 4.74 Å². The fraction of sp³-hybridized carbons (Fsp3) is 0.412. The second kappa shape index (κ2) is 8.66. The maximum atomic E-state index is 10.9. The summed E-state index contributed by atoms with van der Waals surface area (Å²) in [5.41, 5.74) is 0.0860. The van der Waals surface area contributed by atoms with E-state index in [0.29, 0.717) is 13.2 Å². The van der Waals surface area contributed by atoms with Gasteiger partial charge < -0.3 is 14.9 Å². The summed E-state index contributed by atoms with van der Waals surface area (Å²) in [6, 6.07) is 9.85. The van der Waals surface area contributed by atoms with Gasteiger partial charge in [0, 0.05) is 23.7 Å². The monoisotopic (exact) mass is 380 g/mol. The molecule has 2 N–H and O–H groups in total. The highest BCUT2D eigenvalue weighted by atomic mass is 32.2. The van der Waals surface area contributed by atoms with E-state index in [-0.39, 0.29) is 11.7 Å². The first-order valence-corrected chi connectivity index (χ1v) is 9.93. The van der Waals surface area contributed by atoms with Gasteiger partial charge >= 0.3 is 5.97 Å². The van der Waals surface area contributed by atoms with Crippen molar-refractivity contribution in [3.8, 4) is 5.75 Å². The number of ether oxygens (including phenoxy) is 1. The van der Waals surface area contributed by atoms with Gasteiger partial charge in [0.15, 0.2) is 10.0 Å². The molecule has 6 nitrogen and oxygen atoms in total. The first-order valence-electron chi connectivity index (χ1n) is 8.07. The van der Waals surface area contributed by atoms with Gasteiger partial charge in [0.1, 0.15) is 18.6 Å². The first-order chi connectivity index (χ1) is 12.1. The second-order valence-corrected chi connectivity index (χ2v) is 7.93. The van der Waals surface area contributed by atoms with Crippen LogP contribution in [-0.2, 0) is 0 Å². The lowest BCUT2D eigenvalue weighted by Gasteiger charge is -2.27. The molecular formula is C17H20N2O4S2. The number of carboxylic acids is 1. The molecule has 1 aliphatic heterocycles. The molecule has 0 bridgehead atoms. The van der Waals surface area contributed by atoms with E-state index < -0.39 is 12.2 Å². The molecule has 1 aromatic heterocycles. The fourth-order valence-corrected chi connectivity index (χ4v) is 4.62. The Balaban J connectivity index is 1.48. The van der Waals surface area contributed by atoms with E-state index in [9.17, 15) is 9.90 Å². The molecule has 1 saturated heterocycles. The van der Waals surface area contributed by atoms with Crippen LogP contribution in [0, 0.1) is 0 Å². The summed E-state index contributed by atoms with van der Waals surface area (Å²) in [4.78, 5) is 17.0. The number of carboxylic acid groups (broad SMARTS) is 1. The summed E-state index contributed by atoms with van der Waals surface area (Å²) < 4.78 is 6.57. The van der Waals surface area contributed by atoms with Gasteiger partial charge in [-0.3, -0.25) is 4.90 Å². The van der Waals surface area contributed by atoms with Crippen LogP contribution in [0.15, 0.2) is 40.1 Å². The van der Waals surface area contributed by atoms with Crippen molar-refractivity contribution in [1.82, 2.24) is 9.88 Å². The molecule has 2 atom stereocenters. The number of aliphatic hydroxyl groups excluding tert-OH is 1. The summed E-state index contributed by atoms with van der Waals surface area (Å²) in [5, 5.41) is 20.6. The lowest BCUT2D eigenvalue weighted by atomic mass is 10.2. The minimum absolute atomic E-state index is 0.0860. The number of hydrogen-bond acceptors (Lipinski definition) is 7. The number of likely N-dealkylation sites (tertiary alicyclic amines) is 1. The molecule has 2 aromatic rings. The molecule has 3 rings (SSSR count). The number of aromatic nitrogens is 1. The third-order valence-corrected chi connectivity index (χ3v) is 6.07. The smallest absolute Gasteiger partial charge is 0.355 e. The third-order valence-electron chi connectivity index (χ3n) is 4.07. The van der Waals surface area contributed by atoms with Crippen molar-refractivity contribution < 1.29 is 19.7 Å². The Hall–Kier alpha value is -1.61. The van der Waals surface area contributed by atoms with Crippen molar-refractivity contribution in [2.24, 2.45) is 0 Å². The van der Waals surface area contributed by atoms with Crippen LogP contribution in [-0.4, -0.2) is 57.2 Å². The van der Waals surface area contributed by atoms with Gasteiger partial charge in [-0.05, 0) is 25.0 Å².